The number of para-hydroxylation sites is 1. The Labute approximate surface area is 150 Å². The number of hydrogen-bond donors (Lipinski definition) is 3. The summed E-state index contributed by atoms with van der Waals surface area (Å²) in [5, 5.41) is 21.4. The number of nitrogens with one attached hydrogen (secondary N) is 1. The van der Waals surface area contributed by atoms with Gasteiger partial charge in [0.25, 0.3) is 0 Å². The molecule has 0 bridgehead atoms. The third-order valence-electron chi connectivity index (χ3n) is 3.24. The molecule has 25 heavy (non-hydrogen) atoms. The van der Waals surface area contributed by atoms with Crippen molar-refractivity contribution in [1.82, 2.24) is 0 Å². The summed E-state index contributed by atoms with van der Waals surface area (Å²) in [6.45, 7) is 5.19. The van der Waals surface area contributed by atoms with E-state index in [1.807, 2.05) is 0 Å². The highest BCUT2D eigenvalue weighted by atomic mass is 35.5. The topological polar surface area (TPSA) is 78.8 Å². The fourth-order valence-corrected chi connectivity index (χ4v) is 2.46. The van der Waals surface area contributed by atoms with Crippen LogP contribution in [0.25, 0.3) is 11.1 Å². The van der Waals surface area contributed by atoms with Crippen molar-refractivity contribution >= 4 is 36.0 Å². The minimum Gasteiger partial charge on any atom is -0.444 e. The summed E-state index contributed by atoms with van der Waals surface area (Å²) in [5.41, 5.74) is -0.125. The van der Waals surface area contributed by atoms with Crippen LogP contribution in [0.3, 0.4) is 0 Å². The van der Waals surface area contributed by atoms with Crippen LogP contribution in [-0.2, 0) is 4.74 Å². The molecule has 0 heterocycles. The molecule has 5 nitrogen and oxygen atoms in total. The van der Waals surface area contributed by atoms with Gasteiger partial charge in [0.05, 0.1) is 10.7 Å². The van der Waals surface area contributed by atoms with Crippen LogP contribution in [0.4, 0.5) is 14.9 Å². The monoisotopic (exact) mass is 365 g/mol. The Bertz CT molecular complexity index is 793. The zero-order chi connectivity index (χ0) is 18.8. The van der Waals surface area contributed by atoms with Crippen LogP contribution in [0.5, 0.6) is 0 Å². The summed E-state index contributed by atoms with van der Waals surface area (Å²) in [4.78, 5) is 12.0. The van der Waals surface area contributed by atoms with E-state index in [0.29, 0.717) is 11.3 Å². The van der Waals surface area contributed by atoms with Crippen molar-refractivity contribution in [2.24, 2.45) is 0 Å². The Kier molecular flexibility index (Phi) is 5.72. The molecule has 2 aromatic carbocycles. The highest BCUT2D eigenvalue weighted by molar-refractivity contribution is 6.61. The predicted molar refractivity (Wildman–Crippen MR) is 96.5 cm³/mol. The van der Waals surface area contributed by atoms with E-state index in [1.165, 1.54) is 12.1 Å². The van der Waals surface area contributed by atoms with Crippen LogP contribution in [0.1, 0.15) is 20.8 Å². The fourth-order valence-electron chi connectivity index (χ4n) is 2.29. The normalized spacial score (nSPS) is 11.2. The van der Waals surface area contributed by atoms with E-state index in [4.69, 9.17) is 16.3 Å². The van der Waals surface area contributed by atoms with Crippen molar-refractivity contribution in [1.29, 1.82) is 0 Å². The number of benzene rings is 2. The number of rotatable bonds is 3. The van der Waals surface area contributed by atoms with Crippen LogP contribution in [0.15, 0.2) is 36.4 Å². The number of amides is 1. The first kappa shape index (κ1) is 19.2. The maximum Gasteiger partial charge on any atom is 0.492 e. The molecule has 0 aliphatic heterocycles. The van der Waals surface area contributed by atoms with Crippen molar-refractivity contribution in [2.45, 2.75) is 26.4 Å². The molecule has 2 rings (SSSR count). The van der Waals surface area contributed by atoms with E-state index in [2.05, 4.69) is 5.32 Å². The van der Waals surface area contributed by atoms with Gasteiger partial charge < -0.3 is 14.8 Å². The lowest BCUT2D eigenvalue weighted by molar-refractivity contribution is 0.0636. The Hall–Kier alpha value is -2.09. The molecule has 0 aliphatic carbocycles. The number of carbonyl (C=O) groups excluding carboxylic acids is 1. The molecule has 0 unspecified atom stereocenters. The second-order valence-corrected chi connectivity index (χ2v) is 6.78. The average molecular weight is 366 g/mol. The Balaban J connectivity index is 2.49. The zero-order valence-corrected chi connectivity index (χ0v) is 14.8. The molecule has 0 saturated carbocycles. The minimum atomic E-state index is -2.07. The summed E-state index contributed by atoms with van der Waals surface area (Å²) in [5.74, 6) is -0.929. The third kappa shape index (κ3) is 4.72. The molecular formula is C17H18BClFNO4. The average Bonchev–Trinajstić information content (AvgIpc) is 2.48. The van der Waals surface area contributed by atoms with E-state index in [0.717, 1.165) is 0 Å². The van der Waals surface area contributed by atoms with E-state index in [-0.39, 0.29) is 16.0 Å². The van der Waals surface area contributed by atoms with E-state index >= 15 is 0 Å². The third-order valence-corrected chi connectivity index (χ3v) is 3.54. The van der Waals surface area contributed by atoms with Crippen LogP contribution in [0.2, 0.25) is 5.02 Å². The van der Waals surface area contributed by atoms with Crippen molar-refractivity contribution in [2.75, 3.05) is 5.32 Å². The number of hydrogen-bond acceptors (Lipinski definition) is 4. The van der Waals surface area contributed by atoms with Gasteiger partial charge in [-0.05, 0) is 38.5 Å². The summed E-state index contributed by atoms with van der Waals surface area (Å²) in [6.07, 6.45) is -0.680. The first-order valence-electron chi connectivity index (χ1n) is 7.53. The maximum atomic E-state index is 14.3. The molecule has 8 heteroatoms. The van der Waals surface area contributed by atoms with Gasteiger partial charge in [0.15, 0.2) is 0 Å². The Morgan fingerprint density at radius 3 is 2.40 bits per heavy atom. The van der Waals surface area contributed by atoms with Crippen LogP contribution in [0, 0.1) is 5.82 Å². The second-order valence-electron chi connectivity index (χ2n) is 6.37. The lowest BCUT2D eigenvalue weighted by Gasteiger charge is -2.21. The fraction of sp³-hybridized carbons (Fsp3) is 0.235. The van der Waals surface area contributed by atoms with Gasteiger partial charge in [0.2, 0.25) is 0 Å². The Morgan fingerprint density at radius 2 is 1.80 bits per heavy atom. The molecule has 0 aliphatic rings. The molecule has 0 fully saturated rings. The van der Waals surface area contributed by atoms with Crippen LogP contribution in [-0.4, -0.2) is 28.9 Å². The highest BCUT2D eigenvalue weighted by Crippen LogP contribution is 2.29. The molecule has 1 amide bonds. The maximum absolute atomic E-state index is 14.3. The van der Waals surface area contributed by atoms with Crippen molar-refractivity contribution < 1.29 is 24.0 Å². The lowest BCUT2D eigenvalue weighted by atomic mass is 9.74. The molecule has 2 aromatic rings. The van der Waals surface area contributed by atoms with E-state index in [9.17, 15) is 19.2 Å². The summed E-state index contributed by atoms with van der Waals surface area (Å²) in [6, 6.07) is 9.33. The smallest absolute Gasteiger partial charge is 0.444 e. The molecule has 132 valence electrons. The minimum absolute atomic E-state index is 0.198. The van der Waals surface area contributed by atoms with Crippen molar-refractivity contribution in [3.8, 4) is 11.1 Å². The summed E-state index contributed by atoms with van der Waals surface area (Å²) < 4.78 is 19.5. The predicted octanol–water partition coefficient (Wildman–Crippen LogP) is 3.17. The van der Waals surface area contributed by atoms with Crippen molar-refractivity contribution in [3.05, 3.63) is 47.2 Å². The van der Waals surface area contributed by atoms with Gasteiger partial charge in [-0.15, -0.1) is 0 Å². The SMILES string of the molecule is CC(C)(C)OC(=O)Nc1ccccc1-c1ccc(Cl)c(F)c1B(O)O. The summed E-state index contributed by atoms with van der Waals surface area (Å²) >= 11 is 5.73. The first-order valence-corrected chi connectivity index (χ1v) is 7.91. The number of anilines is 1. The second kappa shape index (κ2) is 7.43. The van der Waals surface area contributed by atoms with Gasteiger partial charge >= 0.3 is 13.2 Å². The molecule has 0 radical (unpaired) electrons. The molecular weight excluding hydrogens is 347 g/mol. The standard InChI is InChI=1S/C17H18BClFNO4/c1-17(2,3)25-16(22)21-13-7-5-4-6-10(13)11-8-9-12(19)15(20)14(11)18(23)24/h4-9,23-24H,1-3H3,(H,21,22). The van der Waals surface area contributed by atoms with Gasteiger partial charge in [-0.3, -0.25) is 5.32 Å². The van der Waals surface area contributed by atoms with Gasteiger partial charge in [0, 0.05) is 11.0 Å². The van der Waals surface area contributed by atoms with Crippen LogP contribution >= 0.6 is 11.6 Å². The quantitative estimate of drug-likeness (QED) is 0.730. The van der Waals surface area contributed by atoms with Gasteiger partial charge in [0.1, 0.15) is 11.4 Å². The Morgan fingerprint density at radius 1 is 1.16 bits per heavy atom. The lowest BCUT2D eigenvalue weighted by Crippen LogP contribution is -2.35. The first-order chi connectivity index (χ1) is 11.6. The van der Waals surface area contributed by atoms with Crippen LogP contribution < -0.4 is 10.8 Å². The number of ether oxygens (including phenoxy) is 1. The largest absolute Gasteiger partial charge is 0.492 e. The van der Waals surface area contributed by atoms with Gasteiger partial charge in [-0.25, -0.2) is 9.18 Å². The van der Waals surface area contributed by atoms with E-state index in [1.54, 1.807) is 45.0 Å². The van der Waals surface area contributed by atoms with Gasteiger partial charge in [-0.1, -0.05) is 35.9 Å². The number of halogens is 2. The van der Waals surface area contributed by atoms with Gasteiger partial charge in [-0.2, -0.15) is 0 Å². The molecule has 0 atom stereocenters. The molecule has 0 spiro atoms. The van der Waals surface area contributed by atoms with E-state index < -0.39 is 24.6 Å². The molecule has 0 aromatic heterocycles. The zero-order valence-electron chi connectivity index (χ0n) is 14.0. The summed E-state index contributed by atoms with van der Waals surface area (Å²) in [7, 11) is -2.07. The highest BCUT2D eigenvalue weighted by Gasteiger charge is 2.25. The molecule has 0 saturated heterocycles. The number of carbonyl (C=O) groups is 1. The van der Waals surface area contributed by atoms with Crippen molar-refractivity contribution in [3.63, 3.8) is 0 Å². The molecule has 3 N–H and O–H groups in total.